The summed E-state index contributed by atoms with van der Waals surface area (Å²) >= 11 is 0. The Labute approximate surface area is 93.6 Å². The van der Waals surface area contributed by atoms with Gasteiger partial charge in [-0.2, -0.15) is 0 Å². The van der Waals surface area contributed by atoms with E-state index in [0.29, 0.717) is 12.0 Å². The maximum Gasteiger partial charge on any atom is 0.148 e. The maximum atomic E-state index is 11.1. The van der Waals surface area contributed by atoms with Crippen molar-refractivity contribution in [2.45, 2.75) is 45.7 Å². The van der Waals surface area contributed by atoms with Crippen LogP contribution < -0.4 is 5.32 Å². The quantitative estimate of drug-likeness (QED) is 0.799. The number of nitrogens with one attached hydrogen (secondary N) is 1. The van der Waals surface area contributed by atoms with Crippen LogP contribution in [0.5, 0.6) is 0 Å². The Morgan fingerprint density at radius 3 is 2.33 bits per heavy atom. The largest absolute Gasteiger partial charge is 0.310 e. The summed E-state index contributed by atoms with van der Waals surface area (Å²) in [6.07, 6.45) is 3.73. The van der Waals surface area contributed by atoms with Crippen molar-refractivity contribution in [3.05, 3.63) is 0 Å². The summed E-state index contributed by atoms with van der Waals surface area (Å²) in [6, 6.07) is 0.564. The zero-order chi connectivity index (χ0) is 11.6. The molecule has 1 aliphatic carbocycles. The van der Waals surface area contributed by atoms with Gasteiger partial charge in [-0.25, -0.2) is 8.42 Å². The lowest BCUT2D eigenvalue weighted by atomic mass is 9.97. The third-order valence-corrected chi connectivity index (χ3v) is 4.62. The molecule has 0 saturated heterocycles. The summed E-state index contributed by atoms with van der Waals surface area (Å²) in [5.41, 5.74) is 0. The van der Waals surface area contributed by atoms with Crippen LogP contribution in [-0.2, 0) is 9.84 Å². The average Bonchev–Trinajstić information content (AvgIpc) is 2.32. The van der Waals surface area contributed by atoms with E-state index in [4.69, 9.17) is 0 Å². The highest BCUT2D eigenvalue weighted by atomic mass is 32.2. The topological polar surface area (TPSA) is 46.2 Å². The van der Waals surface area contributed by atoms with Gasteiger partial charge in [0.1, 0.15) is 9.84 Å². The minimum absolute atomic E-state index is 0.0674. The molecule has 0 aliphatic heterocycles. The second-order valence-corrected chi connectivity index (χ2v) is 7.37. The molecule has 0 spiro atoms. The van der Waals surface area contributed by atoms with Crippen molar-refractivity contribution in [2.24, 2.45) is 11.8 Å². The molecule has 0 heterocycles. The van der Waals surface area contributed by atoms with Crippen LogP contribution in [0.25, 0.3) is 0 Å². The highest BCUT2D eigenvalue weighted by molar-refractivity contribution is 7.90. The molecule has 1 aliphatic rings. The number of hydrogen-bond donors (Lipinski definition) is 1. The molecule has 4 unspecified atom stereocenters. The number of hydrogen-bond acceptors (Lipinski definition) is 3. The molecule has 0 aromatic carbocycles. The molecule has 4 heteroatoms. The fourth-order valence-corrected chi connectivity index (χ4v) is 3.47. The van der Waals surface area contributed by atoms with Crippen molar-refractivity contribution in [3.63, 3.8) is 0 Å². The Hall–Kier alpha value is -0.0900. The van der Waals surface area contributed by atoms with E-state index in [2.05, 4.69) is 19.2 Å². The first-order valence-corrected chi connectivity index (χ1v) is 7.79. The maximum absolute atomic E-state index is 11.1. The van der Waals surface area contributed by atoms with Crippen molar-refractivity contribution >= 4 is 9.84 Å². The monoisotopic (exact) mass is 233 g/mol. The minimum Gasteiger partial charge on any atom is -0.310 e. The molecule has 0 aromatic rings. The standard InChI is InChI=1S/C11H23NO2S/c1-8-5-6-11(10(8)3)12-9(2)7-15(4,13)14/h8-12H,5-7H2,1-4H3. The van der Waals surface area contributed by atoms with Gasteiger partial charge in [-0.15, -0.1) is 0 Å². The van der Waals surface area contributed by atoms with E-state index >= 15 is 0 Å². The van der Waals surface area contributed by atoms with Crippen LogP contribution in [-0.4, -0.2) is 32.5 Å². The molecular weight excluding hydrogens is 210 g/mol. The molecule has 0 bridgehead atoms. The van der Waals surface area contributed by atoms with Crippen LogP contribution >= 0.6 is 0 Å². The van der Waals surface area contributed by atoms with Crippen molar-refractivity contribution in [1.29, 1.82) is 0 Å². The van der Waals surface area contributed by atoms with Crippen LogP contribution in [0, 0.1) is 11.8 Å². The number of sulfone groups is 1. The predicted octanol–water partition coefficient (Wildman–Crippen LogP) is 1.44. The van der Waals surface area contributed by atoms with Crippen LogP contribution in [0.4, 0.5) is 0 Å². The smallest absolute Gasteiger partial charge is 0.148 e. The Morgan fingerprint density at radius 2 is 1.93 bits per heavy atom. The van der Waals surface area contributed by atoms with Crippen LogP contribution in [0.3, 0.4) is 0 Å². The van der Waals surface area contributed by atoms with Gasteiger partial charge in [0.25, 0.3) is 0 Å². The summed E-state index contributed by atoms with van der Waals surface area (Å²) in [5, 5.41) is 3.44. The van der Waals surface area contributed by atoms with Gasteiger partial charge in [0.05, 0.1) is 5.75 Å². The molecule has 0 aromatic heterocycles. The summed E-state index contributed by atoms with van der Waals surface area (Å²) in [7, 11) is -2.86. The first kappa shape index (κ1) is 13.0. The highest BCUT2D eigenvalue weighted by Crippen LogP contribution is 2.31. The lowest BCUT2D eigenvalue weighted by Crippen LogP contribution is -2.42. The van der Waals surface area contributed by atoms with Gasteiger partial charge in [0, 0.05) is 18.3 Å². The van der Waals surface area contributed by atoms with Crippen molar-refractivity contribution in [2.75, 3.05) is 12.0 Å². The van der Waals surface area contributed by atoms with Crippen LogP contribution in [0.2, 0.25) is 0 Å². The fraction of sp³-hybridized carbons (Fsp3) is 1.00. The SMILES string of the molecule is CC(CS(C)(=O)=O)NC1CCC(C)C1C. The molecule has 1 fully saturated rings. The Bertz CT molecular complexity index is 300. The Morgan fingerprint density at radius 1 is 1.33 bits per heavy atom. The van der Waals surface area contributed by atoms with Crippen LogP contribution in [0.15, 0.2) is 0 Å². The summed E-state index contributed by atoms with van der Waals surface area (Å²) in [6.45, 7) is 6.48. The molecular formula is C11H23NO2S. The van der Waals surface area contributed by atoms with Gasteiger partial charge in [-0.3, -0.25) is 0 Å². The molecule has 15 heavy (non-hydrogen) atoms. The third-order valence-electron chi connectivity index (χ3n) is 3.52. The molecule has 3 nitrogen and oxygen atoms in total. The summed E-state index contributed by atoms with van der Waals surface area (Å²) < 4.78 is 22.2. The van der Waals surface area contributed by atoms with E-state index in [1.165, 1.54) is 19.1 Å². The average molecular weight is 233 g/mol. The highest BCUT2D eigenvalue weighted by Gasteiger charge is 2.30. The second-order valence-electron chi connectivity index (χ2n) is 5.18. The van der Waals surface area contributed by atoms with E-state index < -0.39 is 9.84 Å². The Balaban J connectivity index is 2.42. The van der Waals surface area contributed by atoms with Gasteiger partial charge in [-0.1, -0.05) is 13.8 Å². The van der Waals surface area contributed by atoms with E-state index in [9.17, 15) is 8.42 Å². The molecule has 1 rings (SSSR count). The summed E-state index contributed by atoms with van der Waals surface area (Å²) in [4.78, 5) is 0. The first-order valence-electron chi connectivity index (χ1n) is 5.73. The van der Waals surface area contributed by atoms with Gasteiger partial charge < -0.3 is 5.32 Å². The predicted molar refractivity (Wildman–Crippen MR) is 63.7 cm³/mol. The van der Waals surface area contributed by atoms with Gasteiger partial charge in [0.2, 0.25) is 0 Å². The van der Waals surface area contributed by atoms with E-state index in [1.54, 1.807) is 0 Å². The molecule has 0 radical (unpaired) electrons. The normalized spacial score (nSPS) is 34.3. The van der Waals surface area contributed by atoms with Gasteiger partial charge in [-0.05, 0) is 31.6 Å². The molecule has 1 saturated carbocycles. The minimum atomic E-state index is -2.86. The van der Waals surface area contributed by atoms with Crippen molar-refractivity contribution in [3.8, 4) is 0 Å². The lowest BCUT2D eigenvalue weighted by molar-refractivity contribution is 0.352. The molecule has 90 valence electrons. The van der Waals surface area contributed by atoms with Gasteiger partial charge >= 0.3 is 0 Å². The van der Waals surface area contributed by atoms with E-state index in [1.807, 2.05) is 6.92 Å². The van der Waals surface area contributed by atoms with Crippen LogP contribution in [0.1, 0.15) is 33.6 Å². The second kappa shape index (κ2) is 4.83. The van der Waals surface area contributed by atoms with Crippen molar-refractivity contribution in [1.82, 2.24) is 5.32 Å². The Kier molecular flexibility index (Phi) is 4.18. The zero-order valence-corrected chi connectivity index (χ0v) is 11.0. The molecule has 4 atom stereocenters. The fourth-order valence-electron chi connectivity index (χ4n) is 2.47. The first-order chi connectivity index (χ1) is 6.79. The summed E-state index contributed by atoms with van der Waals surface area (Å²) in [5.74, 6) is 1.66. The third kappa shape index (κ3) is 4.11. The van der Waals surface area contributed by atoms with Gasteiger partial charge in [0.15, 0.2) is 0 Å². The van der Waals surface area contributed by atoms with Crippen molar-refractivity contribution < 1.29 is 8.42 Å². The van der Waals surface area contributed by atoms with E-state index in [-0.39, 0.29) is 11.8 Å². The molecule has 1 N–H and O–H groups in total. The van der Waals surface area contributed by atoms with E-state index in [0.717, 1.165) is 5.92 Å². The molecule has 0 amide bonds. The lowest BCUT2D eigenvalue weighted by Gasteiger charge is -2.23. The zero-order valence-electron chi connectivity index (χ0n) is 10.2. The number of rotatable bonds is 4.